The van der Waals surface area contributed by atoms with Gasteiger partial charge in [0, 0.05) is 17.9 Å². The average Bonchev–Trinajstić information content (AvgIpc) is 2.39. The third kappa shape index (κ3) is 3.82. The van der Waals surface area contributed by atoms with Crippen LogP contribution in [0.3, 0.4) is 0 Å². The molecule has 1 rings (SSSR count). The Morgan fingerprint density at radius 1 is 1.38 bits per heavy atom. The molecule has 0 aromatic heterocycles. The highest BCUT2D eigenvalue weighted by Crippen LogP contribution is 2.17. The smallest absolute Gasteiger partial charge is 0.0196 e. The predicted octanol–water partition coefficient (Wildman–Crippen LogP) is 3.20. The monoisotopic (exact) mass is 245 g/mol. The molecule has 1 fully saturated rings. The first-order valence-electron chi connectivity index (χ1n) is 5.29. The zero-order valence-corrected chi connectivity index (χ0v) is 10.1. The molecule has 1 heterocycles. The van der Waals surface area contributed by atoms with E-state index in [4.69, 9.17) is 0 Å². The Morgan fingerprint density at radius 2 is 2.23 bits per heavy atom. The molecule has 0 aliphatic carbocycles. The topological polar surface area (TPSA) is 3.24 Å². The van der Waals surface area contributed by atoms with Crippen molar-refractivity contribution >= 4 is 15.9 Å². The van der Waals surface area contributed by atoms with Crippen LogP contribution < -0.4 is 0 Å². The zero-order chi connectivity index (χ0) is 9.52. The van der Waals surface area contributed by atoms with Crippen LogP contribution in [0.4, 0.5) is 0 Å². The minimum atomic E-state index is 0.763. The molecule has 1 nitrogen and oxygen atoms in total. The fourth-order valence-corrected chi connectivity index (χ4v) is 2.63. The van der Waals surface area contributed by atoms with Crippen molar-refractivity contribution in [1.29, 1.82) is 0 Å². The Bertz CT molecular complexity index is 156. The largest absolute Gasteiger partial charge is 0.296 e. The number of likely N-dealkylation sites (tertiary alicyclic amines) is 1. The number of alkyl halides is 1. The van der Waals surface area contributed by atoms with E-state index in [-0.39, 0.29) is 0 Å². The van der Waals surface area contributed by atoms with Crippen molar-refractivity contribution in [2.45, 2.75) is 38.6 Å². The first kappa shape index (κ1) is 11.3. The van der Waals surface area contributed by atoms with E-state index >= 15 is 0 Å². The molecule has 2 heteroatoms. The molecule has 1 aliphatic rings. The second-order valence-electron chi connectivity index (χ2n) is 3.72. The summed E-state index contributed by atoms with van der Waals surface area (Å²) in [6.07, 6.45) is 9.97. The van der Waals surface area contributed by atoms with Crippen LogP contribution in [0, 0.1) is 0 Å². The molecule has 76 valence electrons. The SMILES string of the molecule is C/C=C/CN1CCCCCC1CBr. The van der Waals surface area contributed by atoms with Crippen LogP contribution in [0.25, 0.3) is 0 Å². The minimum Gasteiger partial charge on any atom is -0.296 e. The predicted molar refractivity (Wildman–Crippen MR) is 62.4 cm³/mol. The summed E-state index contributed by atoms with van der Waals surface area (Å²) in [5.41, 5.74) is 0. The Balaban J connectivity index is 2.43. The third-order valence-corrected chi connectivity index (χ3v) is 3.50. The van der Waals surface area contributed by atoms with Crippen LogP contribution >= 0.6 is 15.9 Å². The van der Waals surface area contributed by atoms with Gasteiger partial charge in [-0.25, -0.2) is 0 Å². The van der Waals surface area contributed by atoms with Gasteiger partial charge in [0.1, 0.15) is 0 Å². The summed E-state index contributed by atoms with van der Waals surface area (Å²) in [6, 6.07) is 0.763. The summed E-state index contributed by atoms with van der Waals surface area (Å²) in [7, 11) is 0. The van der Waals surface area contributed by atoms with Crippen LogP contribution in [-0.2, 0) is 0 Å². The van der Waals surface area contributed by atoms with E-state index in [1.807, 2.05) is 0 Å². The van der Waals surface area contributed by atoms with Gasteiger partial charge in [-0.3, -0.25) is 4.90 Å². The van der Waals surface area contributed by atoms with Crippen molar-refractivity contribution in [3.63, 3.8) is 0 Å². The normalized spacial score (nSPS) is 26.5. The summed E-state index contributed by atoms with van der Waals surface area (Å²) in [6.45, 7) is 4.51. The van der Waals surface area contributed by atoms with Gasteiger partial charge in [0.15, 0.2) is 0 Å². The van der Waals surface area contributed by atoms with Crippen molar-refractivity contribution in [2.24, 2.45) is 0 Å². The summed E-state index contributed by atoms with van der Waals surface area (Å²) < 4.78 is 0. The molecule has 0 aromatic carbocycles. The van der Waals surface area contributed by atoms with Crippen molar-refractivity contribution in [3.8, 4) is 0 Å². The zero-order valence-electron chi connectivity index (χ0n) is 8.51. The summed E-state index contributed by atoms with van der Waals surface area (Å²) in [4.78, 5) is 2.60. The molecular formula is C11H20BrN. The summed E-state index contributed by atoms with van der Waals surface area (Å²) in [5, 5.41) is 1.13. The lowest BCUT2D eigenvalue weighted by Crippen LogP contribution is -2.36. The second-order valence-corrected chi connectivity index (χ2v) is 4.37. The molecule has 1 saturated heterocycles. The van der Waals surface area contributed by atoms with Gasteiger partial charge in [-0.05, 0) is 26.3 Å². The Morgan fingerprint density at radius 3 is 2.92 bits per heavy atom. The number of halogens is 1. The van der Waals surface area contributed by atoms with E-state index < -0.39 is 0 Å². The lowest BCUT2D eigenvalue weighted by molar-refractivity contribution is 0.242. The van der Waals surface area contributed by atoms with Crippen LogP contribution in [0.15, 0.2) is 12.2 Å². The van der Waals surface area contributed by atoms with E-state index in [9.17, 15) is 0 Å². The highest BCUT2D eigenvalue weighted by Gasteiger charge is 2.18. The number of allylic oxidation sites excluding steroid dienone is 1. The molecule has 1 aliphatic heterocycles. The fourth-order valence-electron chi connectivity index (χ4n) is 1.89. The maximum atomic E-state index is 3.61. The molecule has 0 N–H and O–H groups in total. The van der Waals surface area contributed by atoms with Gasteiger partial charge >= 0.3 is 0 Å². The molecule has 1 unspecified atom stereocenters. The number of rotatable bonds is 3. The fraction of sp³-hybridized carbons (Fsp3) is 0.818. The Hall–Kier alpha value is 0.180. The average molecular weight is 246 g/mol. The first-order valence-corrected chi connectivity index (χ1v) is 6.41. The maximum Gasteiger partial charge on any atom is 0.0196 e. The van der Waals surface area contributed by atoms with E-state index in [0.29, 0.717) is 0 Å². The first-order chi connectivity index (χ1) is 6.38. The molecule has 13 heavy (non-hydrogen) atoms. The van der Waals surface area contributed by atoms with Crippen molar-refractivity contribution < 1.29 is 0 Å². The standard InChI is InChI=1S/C11H20BrN/c1-2-3-8-13-9-6-4-5-7-11(13)10-12/h2-3,11H,4-10H2,1H3/b3-2+. The number of nitrogens with zero attached hydrogens (tertiary/aromatic N) is 1. The molecule has 0 radical (unpaired) electrons. The quantitative estimate of drug-likeness (QED) is 0.546. The van der Waals surface area contributed by atoms with Crippen LogP contribution in [0.1, 0.15) is 32.6 Å². The van der Waals surface area contributed by atoms with Crippen LogP contribution in [0.5, 0.6) is 0 Å². The molecule has 0 amide bonds. The highest BCUT2D eigenvalue weighted by molar-refractivity contribution is 9.09. The van der Waals surface area contributed by atoms with Gasteiger partial charge in [0.25, 0.3) is 0 Å². The van der Waals surface area contributed by atoms with Gasteiger partial charge in [-0.2, -0.15) is 0 Å². The van der Waals surface area contributed by atoms with E-state index in [1.165, 1.54) is 32.2 Å². The molecule has 0 aromatic rings. The van der Waals surface area contributed by atoms with E-state index in [0.717, 1.165) is 17.9 Å². The molecular weight excluding hydrogens is 226 g/mol. The minimum absolute atomic E-state index is 0.763. The summed E-state index contributed by atoms with van der Waals surface area (Å²) >= 11 is 3.61. The van der Waals surface area contributed by atoms with Crippen LogP contribution in [0.2, 0.25) is 0 Å². The van der Waals surface area contributed by atoms with Crippen molar-refractivity contribution in [2.75, 3.05) is 18.4 Å². The number of hydrogen-bond donors (Lipinski definition) is 0. The lowest BCUT2D eigenvalue weighted by Gasteiger charge is -2.27. The second kappa shape index (κ2) is 6.61. The number of hydrogen-bond acceptors (Lipinski definition) is 1. The molecule has 0 spiro atoms. The molecule has 0 bridgehead atoms. The van der Waals surface area contributed by atoms with Gasteiger partial charge < -0.3 is 0 Å². The lowest BCUT2D eigenvalue weighted by atomic mass is 10.1. The van der Waals surface area contributed by atoms with Crippen LogP contribution in [-0.4, -0.2) is 29.4 Å². The van der Waals surface area contributed by atoms with E-state index in [1.54, 1.807) is 0 Å². The van der Waals surface area contributed by atoms with Gasteiger partial charge in [-0.15, -0.1) is 0 Å². The molecule has 0 saturated carbocycles. The third-order valence-electron chi connectivity index (χ3n) is 2.75. The van der Waals surface area contributed by atoms with Gasteiger partial charge in [0.05, 0.1) is 0 Å². The van der Waals surface area contributed by atoms with Crippen molar-refractivity contribution in [1.82, 2.24) is 4.90 Å². The summed E-state index contributed by atoms with van der Waals surface area (Å²) in [5.74, 6) is 0. The van der Waals surface area contributed by atoms with Crippen molar-refractivity contribution in [3.05, 3.63) is 12.2 Å². The molecule has 1 atom stereocenters. The Kier molecular flexibility index (Phi) is 5.72. The van der Waals surface area contributed by atoms with Gasteiger partial charge in [-0.1, -0.05) is 40.9 Å². The Labute approximate surface area is 90.3 Å². The van der Waals surface area contributed by atoms with E-state index in [2.05, 4.69) is 39.9 Å². The van der Waals surface area contributed by atoms with Gasteiger partial charge in [0.2, 0.25) is 0 Å². The maximum absolute atomic E-state index is 3.61. The highest BCUT2D eigenvalue weighted by atomic mass is 79.9.